The van der Waals surface area contributed by atoms with E-state index in [4.69, 9.17) is 53.1 Å². The summed E-state index contributed by atoms with van der Waals surface area (Å²) in [7, 11) is 12.2. The van der Waals surface area contributed by atoms with E-state index in [1.54, 1.807) is 39.8 Å². The maximum atomic E-state index is 13.9. The molecule has 3 aromatic carbocycles. The Morgan fingerprint density at radius 1 is 0.423 bits per heavy atom. The number of rotatable bonds is 13. The monoisotopic (exact) mass is 1500 g/mol. The summed E-state index contributed by atoms with van der Waals surface area (Å²) in [4.78, 5) is 137. The molecule has 626 valence electrons. The summed E-state index contributed by atoms with van der Waals surface area (Å²) in [6, 6.07) is 27.1. The number of amides is 4. The van der Waals surface area contributed by atoms with Gasteiger partial charge in [-0.1, -0.05) is 201 Å². The lowest BCUT2D eigenvalue weighted by Gasteiger charge is -2.35. The Kier molecular flexibility index (Phi) is 283. The van der Waals surface area contributed by atoms with Gasteiger partial charge in [0.1, 0.15) is 86.0 Å². The Morgan fingerprint density at radius 3 is 0.827 bits per heavy atom. The fourth-order valence-corrected chi connectivity index (χ4v) is 5.55. The van der Waals surface area contributed by atoms with E-state index in [9.17, 15) is 19.2 Å². The third-order valence-corrected chi connectivity index (χ3v) is 10.2. The number of nitrogens with one attached hydrogen (secondary N) is 1. The molecule has 29 nitrogen and oxygen atoms in total. The lowest BCUT2D eigenvalue weighted by atomic mass is 10.00. The first-order valence-electron chi connectivity index (χ1n) is 32.4. The average molecular weight is 1500 g/mol. The lowest BCUT2D eigenvalue weighted by molar-refractivity contribution is -0.147. The van der Waals surface area contributed by atoms with E-state index in [0.29, 0.717) is 19.5 Å². The fourth-order valence-electron chi connectivity index (χ4n) is 5.55. The number of hydrogen-bond acceptors (Lipinski definition) is 25. The van der Waals surface area contributed by atoms with Gasteiger partial charge < -0.3 is 132 Å². The molecule has 1 aliphatic heterocycles. The quantitative estimate of drug-likeness (QED) is 0.0757. The van der Waals surface area contributed by atoms with Crippen molar-refractivity contribution in [3.63, 3.8) is 0 Å². The SMILES string of the molecule is C=O.C=O.C=O.C=O.C=O.C=O.C=O.C=O.C=O.C=O.CC.CC.CC(=O)N(C)[C@@H](Cc1ccccc1)C(=O)N(C)[C@@H](Cc1ccccc1)C(=O)N[C@@H](C)C(=O)N1CCCCC1.CC(C)C.CC(C)O.CCC(C)C.CCC(C)C.CCc1ccccc1.CN.CN.CN.CN.CN.CN.N.N.N.N. The minimum atomic E-state index is -0.861. The largest absolute Gasteiger partial charge is 0.394 e. The van der Waals surface area contributed by atoms with Crippen molar-refractivity contribution in [2.75, 3.05) is 69.5 Å². The van der Waals surface area contributed by atoms with Gasteiger partial charge in [-0.3, -0.25) is 19.2 Å². The van der Waals surface area contributed by atoms with E-state index in [1.807, 2.05) is 162 Å². The molecule has 0 aliphatic carbocycles. The zero-order chi connectivity index (χ0) is 85.2. The second kappa shape index (κ2) is 176. The second-order valence-electron chi connectivity index (χ2n) is 18.4. The summed E-state index contributed by atoms with van der Waals surface area (Å²) in [5.74, 6) is 1.52. The van der Waals surface area contributed by atoms with Gasteiger partial charge in [0.05, 0.1) is 0 Å². The molecule has 3 atom stereocenters. The van der Waals surface area contributed by atoms with Crippen LogP contribution in [-0.2, 0) is 86.4 Å². The van der Waals surface area contributed by atoms with E-state index in [2.05, 4.69) is 133 Å². The smallest absolute Gasteiger partial charge is 0.246 e. The number of aliphatic hydroxyl groups excluding tert-OH is 1. The molecule has 0 unspecified atom stereocenters. The molecule has 0 bridgehead atoms. The van der Waals surface area contributed by atoms with Gasteiger partial charge in [-0.25, -0.2) is 0 Å². The number of likely N-dealkylation sites (tertiary alicyclic amines) is 1. The van der Waals surface area contributed by atoms with Crippen LogP contribution in [0, 0.1) is 17.8 Å². The molecular weight excluding hydrogens is 1340 g/mol. The number of aryl methyl sites for hydroxylation is 1. The predicted octanol–water partition coefficient (Wildman–Crippen LogP) is 9.37. The summed E-state index contributed by atoms with van der Waals surface area (Å²) in [5.41, 5.74) is 30.2. The van der Waals surface area contributed by atoms with Crippen molar-refractivity contribution in [1.82, 2.24) is 44.6 Å². The third kappa shape index (κ3) is 148. The first-order chi connectivity index (χ1) is 48.1. The zero-order valence-corrected chi connectivity index (χ0v) is 70.6. The summed E-state index contributed by atoms with van der Waals surface area (Å²) in [6.45, 7) is 57.9. The fraction of sp³-hybridized carbons (Fsp3) is 0.573. The molecule has 29 heteroatoms. The van der Waals surface area contributed by atoms with E-state index >= 15 is 0 Å². The van der Waals surface area contributed by atoms with Crippen molar-refractivity contribution >= 4 is 91.5 Å². The molecule has 1 saturated heterocycles. The molecule has 0 radical (unpaired) electrons. The van der Waals surface area contributed by atoms with Crippen LogP contribution in [0.15, 0.2) is 91.0 Å². The number of nitrogens with zero attached hydrogens (tertiary/aromatic N) is 3. The lowest BCUT2D eigenvalue weighted by Crippen LogP contribution is -2.58. The molecule has 4 rings (SSSR count). The van der Waals surface area contributed by atoms with Crippen LogP contribution in [0.25, 0.3) is 0 Å². The molecule has 1 fully saturated rings. The Hall–Kier alpha value is -8.20. The molecule has 3 aromatic rings. The maximum absolute atomic E-state index is 13.9. The minimum Gasteiger partial charge on any atom is -0.394 e. The molecule has 104 heavy (non-hydrogen) atoms. The van der Waals surface area contributed by atoms with Crippen molar-refractivity contribution in [3.05, 3.63) is 108 Å². The predicted molar refractivity (Wildman–Crippen MR) is 446 cm³/mol. The number of nitrogens with two attached hydrogens (primary N) is 6. The van der Waals surface area contributed by atoms with Crippen LogP contribution in [-0.4, -0.2) is 205 Å². The van der Waals surface area contributed by atoms with E-state index in [-0.39, 0.29) is 54.8 Å². The van der Waals surface area contributed by atoms with Crippen molar-refractivity contribution in [2.45, 2.75) is 200 Å². The molecular formula is C75H166N14O15. The number of benzene rings is 3. The number of carbonyl (C=O) groups excluding carboxylic acids is 14. The van der Waals surface area contributed by atoms with E-state index < -0.39 is 24.0 Å². The summed E-state index contributed by atoms with van der Waals surface area (Å²) < 4.78 is 0. The van der Waals surface area contributed by atoms with Gasteiger partial charge in [-0.2, -0.15) is 0 Å². The highest BCUT2D eigenvalue weighted by Crippen LogP contribution is 2.17. The first kappa shape index (κ1) is 167. The van der Waals surface area contributed by atoms with Crippen LogP contribution in [0.1, 0.15) is 173 Å². The summed E-state index contributed by atoms with van der Waals surface area (Å²) in [5, 5.41) is 10.9. The van der Waals surface area contributed by atoms with Crippen molar-refractivity contribution < 1.29 is 72.2 Å². The van der Waals surface area contributed by atoms with Crippen molar-refractivity contribution in [3.8, 4) is 0 Å². The number of aliphatic hydroxyl groups is 1. The van der Waals surface area contributed by atoms with Gasteiger partial charge in [0.15, 0.2) is 0 Å². The first-order valence-corrected chi connectivity index (χ1v) is 32.4. The van der Waals surface area contributed by atoms with Gasteiger partial charge >= 0.3 is 0 Å². The number of piperidine rings is 1. The van der Waals surface area contributed by atoms with Crippen LogP contribution >= 0.6 is 0 Å². The zero-order valence-electron chi connectivity index (χ0n) is 70.6. The van der Waals surface area contributed by atoms with Gasteiger partial charge in [0.2, 0.25) is 23.6 Å². The molecule has 0 saturated carbocycles. The van der Waals surface area contributed by atoms with Crippen LogP contribution in [0.3, 0.4) is 0 Å². The Bertz CT molecular complexity index is 1800. The maximum Gasteiger partial charge on any atom is 0.246 e. The van der Waals surface area contributed by atoms with Gasteiger partial charge in [-0.15, -0.1) is 0 Å². The van der Waals surface area contributed by atoms with Crippen LogP contribution in [0.4, 0.5) is 0 Å². The summed E-state index contributed by atoms with van der Waals surface area (Å²) in [6.07, 6.45) is 7.22. The number of carbonyl (C=O) groups is 14. The Labute approximate surface area is 635 Å². The molecule has 26 N–H and O–H groups in total. The highest BCUT2D eigenvalue weighted by Gasteiger charge is 2.35. The molecule has 1 heterocycles. The van der Waals surface area contributed by atoms with Crippen LogP contribution in [0.2, 0.25) is 0 Å². The Morgan fingerprint density at radius 2 is 0.635 bits per heavy atom. The van der Waals surface area contributed by atoms with Crippen molar-refractivity contribution in [1.29, 1.82) is 0 Å². The van der Waals surface area contributed by atoms with Gasteiger partial charge in [-0.05, 0) is 123 Å². The standard InChI is InChI=1S/C30H40N4O4.C8H10.2C5H12.C4H10.C3H8O.2C2H6.6CH5N.10CH2O.4H3N/c1-22(29(37)34-18-12-7-13-19-34)31-28(36)26(20-24-14-8-5-9-15-24)33(4)30(38)27(32(3)23(2)35)21-25-16-10-6-11-17-25;1-2-8-6-4-3-5-7-8;2*1-4-5(2)3;1-4(2)3;1-3(2)4;18*1-2;;;;/h5-6,8-11,14-17,22,26-27H,7,12-13,18-21H2,1-4H3,(H,31,36);3-7H,2H2,1H3;2*5H,4H2,1-3H3;4H,1-3H3;3-4H,1-2H3;2*1-2H3;6*2H2,1H3;10*1H2;4*1H3/t22-,26-,27-;;;;;;;;;;;;;;;;;;;;;;;;;;;/m0.........................../s1. The molecule has 1 aliphatic rings. The van der Waals surface area contributed by atoms with E-state index in [1.165, 1.54) is 77.4 Å². The van der Waals surface area contributed by atoms with Crippen LogP contribution < -0.4 is 64.3 Å². The van der Waals surface area contributed by atoms with Crippen molar-refractivity contribution in [2.24, 2.45) is 52.2 Å². The highest BCUT2D eigenvalue weighted by atomic mass is 16.3. The molecule has 4 amide bonds. The molecule has 0 aromatic heterocycles. The van der Waals surface area contributed by atoms with Crippen LogP contribution in [0.5, 0.6) is 0 Å². The van der Waals surface area contributed by atoms with Gasteiger partial charge in [0.25, 0.3) is 0 Å². The number of hydrogen-bond donors (Lipinski definition) is 12. The van der Waals surface area contributed by atoms with E-state index in [0.717, 1.165) is 54.6 Å². The summed E-state index contributed by atoms with van der Waals surface area (Å²) >= 11 is 0. The Balaban J connectivity index is -0.0000000366. The third-order valence-electron chi connectivity index (χ3n) is 10.2. The highest BCUT2D eigenvalue weighted by molar-refractivity contribution is 5.94. The van der Waals surface area contributed by atoms with Gasteiger partial charge in [0, 0.05) is 53.1 Å². The normalized spacial score (nSPS) is 8.88. The second-order valence-corrected chi connectivity index (χ2v) is 18.4. The average Bonchev–Trinajstić information content (AvgIpc) is 0.824. The molecule has 0 spiro atoms. The topological polar surface area (TPSA) is 577 Å². The number of likely N-dealkylation sites (N-methyl/N-ethyl adjacent to an activating group) is 2. The minimum absolute atomic E-state index is 0.